The number of ether oxygens (including phenoxy) is 7. The Morgan fingerprint density at radius 2 is 1.36 bits per heavy atom. The van der Waals surface area contributed by atoms with E-state index in [-0.39, 0.29) is 98.4 Å². The van der Waals surface area contributed by atoms with Gasteiger partial charge in [0.2, 0.25) is 11.8 Å². The van der Waals surface area contributed by atoms with Gasteiger partial charge in [0.15, 0.2) is 28.8 Å². The number of hydrogen-bond acceptors (Lipinski definition) is 20. The first-order valence-corrected chi connectivity index (χ1v) is 31.8. The molecule has 0 spiro atoms. The average molecular weight is 1330 g/mol. The molecule has 26 heteroatoms. The number of amides is 6. The second kappa shape index (κ2) is 30.4. The molecule has 8 atom stereocenters. The molecule has 4 unspecified atom stereocenters. The molecule has 1 saturated carbocycles. The van der Waals surface area contributed by atoms with Gasteiger partial charge in [0.25, 0.3) is 17.7 Å². The van der Waals surface area contributed by atoms with Crippen LogP contribution in [-0.2, 0) is 35.3 Å². The van der Waals surface area contributed by atoms with Gasteiger partial charge >= 0.3 is 12.1 Å². The van der Waals surface area contributed by atoms with Gasteiger partial charge in [-0.2, -0.15) is 0 Å². The Balaban J connectivity index is 0.671. The second-order valence-corrected chi connectivity index (χ2v) is 24.0. The van der Waals surface area contributed by atoms with Gasteiger partial charge < -0.3 is 69.1 Å². The Morgan fingerprint density at radius 1 is 0.649 bits per heavy atom. The summed E-state index contributed by atoms with van der Waals surface area (Å²) in [4.78, 5) is 115. The maximum Gasteiger partial charge on any atom is 0.411 e. The van der Waals surface area contributed by atoms with E-state index in [4.69, 9.17) is 43.1 Å². The van der Waals surface area contributed by atoms with E-state index in [1.54, 1.807) is 66.9 Å². The number of rotatable bonds is 27. The summed E-state index contributed by atoms with van der Waals surface area (Å²) in [6.45, 7) is 0.298. The van der Waals surface area contributed by atoms with E-state index in [0.29, 0.717) is 101 Å². The molecule has 97 heavy (non-hydrogen) atoms. The highest BCUT2D eigenvalue weighted by Gasteiger charge is 2.47. The van der Waals surface area contributed by atoms with Gasteiger partial charge in [0.1, 0.15) is 36.4 Å². The van der Waals surface area contributed by atoms with E-state index < -0.39 is 60.8 Å². The lowest BCUT2D eigenvalue weighted by molar-refractivity contribution is -0.174. The third-order valence-corrected chi connectivity index (χ3v) is 17.6. The number of hydrogen-bond donors (Lipinski definition) is 7. The number of aliphatic imine (C=N–C) groups is 2. The summed E-state index contributed by atoms with van der Waals surface area (Å²) < 4.78 is 40.7. The van der Waals surface area contributed by atoms with Crippen molar-refractivity contribution in [3.8, 4) is 34.5 Å². The normalized spacial score (nSPS) is 21.3. The van der Waals surface area contributed by atoms with E-state index in [0.717, 1.165) is 27.4 Å². The van der Waals surface area contributed by atoms with Crippen molar-refractivity contribution < 1.29 is 91.9 Å². The minimum Gasteiger partial charge on any atom is -0.497 e. The fraction of sp³-hybridized carbons (Fsp3) is 0.352. The van der Waals surface area contributed by atoms with E-state index in [1.165, 1.54) is 44.6 Å². The maximum atomic E-state index is 14.3. The van der Waals surface area contributed by atoms with Crippen LogP contribution < -0.4 is 44.4 Å². The number of benzene rings is 5. The molecule has 0 saturated heterocycles. The highest BCUT2D eigenvalue weighted by Crippen LogP contribution is 2.45. The highest BCUT2D eigenvalue weighted by molar-refractivity contribution is 6.13. The van der Waals surface area contributed by atoms with E-state index >= 15 is 0 Å². The van der Waals surface area contributed by atoms with Crippen LogP contribution in [0.4, 0.5) is 27.5 Å². The lowest BCUT2D eigenvalue weighted by Gasteiger charge is -2.38. The largest absolute Gasteiger partial charge is 0.497 e. The quantitative estimate of drug-likeness (QED) is 0.0195. The van der Waals surface area contributed by atoms with Crippen molar-refractivity contribution >= 4 is 93.7 Å². The van der Waals surface area contributed by atoms with Crippen LogP contribution in [0.1, 0.15) is 95.2 Å². The Bertz CT molecular complexity index is 4030. The van der Waals surface area contributed by atoms with Gasteiger partial charge in [0, 0.05) is 111 Å². The third-order valence-electron chi connectivity index (χ3n) is 17.6. The summed E-state index contributed by atoms with van der Waals surface area (Å²) in [5.74, 6) is -3.15. The van der Waals surface area contributed by atoms with Crippen LogP contribution in [0.5, 0.6) is 34.5 Å². The number of aliphatic hydroxyl groups excluding tert-OH is 3. The number of fused-ring (bicyclic) bond motifs is 4. The molecule has 0 aromatic heterocycles. The lowest BCUT2D eigenvalue weighted by Crippen LogP contribution is -2.57. The number of nitrogens with zero attached hydrogens (tertiary/aromatic N) is 4. The summed E-state index contributed by atoms with van der Waals surface area (Å²) in [7, 11) is 4.62. The molecular weight excluding hydrogens is 1250 g/mol. The standard InChI is InChI=1S/C71H73N7O19/c1-91-47-15-13-40(14-16-47)42-26-43-35-73-52-33-58(56(92-2)30-49(52)65(83)48(43)29-42)94-23-8-24-95-59-34-53-50(31-57(59)93-3)69(87)78-37-44(28-46(78)36-74-53)41-9-7-10-45(27-41)75-71(90)96-38-39-12-17-55(97-60-32-51(70(88)89)66(84)68(86)67(60)85)54(25-39)76-62(80)20-21-72-61(79)11-5-4-6-22-77-63(81)18-19-64(77)82/h7,9-10,12-19,25,27,29-31,33-37,43,46,48,51,60,66-68,84-86H,4-6,8,11,20-24,26,28,32,38H2,1-3H3,(H,72,79)(H,75,90)(H,76,80)(H,88,89)/t43-,46-,48?,51?,60+,66+,67?,68?/m0/s1. The minimum absolute atomic E-state index is 0.0188. The molecule has 2 aliphatic carbocycles. The zero-order valence-electron chi connectivity index (χ0n) is 53.3. The Labute approximate surface area is 557 Å². The Kier molecular flexibility index (Phi) is 21.2. The number of aliphatic hydroxyl groups is 3. The number of anilines is 2. The van der Waals surface area contributed by atoms with Crippen molar-refractivity contribution in [3.63, 3.8) is 0 Å². The average Bonchev–Trinajstić information content (AvgIpc) is 1.65. The molecular formula is C71H73N7O19. The zero-order chi connectivity index (χ0) is 68.4. The number of aliphatic carboxylic acids is 1. The molecule has 6 aliphatic rings. The summed E-state index contributed by atoms with van der Waals surface area (Å²) in [6, 6.07) is 25.3. The van der Waals surface area contributed by atoms with Crippen molar-refractivity contribution in [1.29, 1.82) is 0 Å². The number of allylic oxidation sites excluding steroid dienone is 2. The predicted molar refractivity (Wildman–Crippen MR) is 353 cm³/mol. The van der Waals surface area contributed by atoms with E-state index in [1.807, 2.05) is 42.6 Å². The first-order chi connectivity index (χ1) is 46.9. The molecule has 26 nitrogen and oxygen atoms in total. The number of carboxylic acids is 1. The second-order valence-electron chi connectivity index (χ2n) is 24.0. The highest BCUT2D eigenvalue weighted by atomic mass is 16.6. The number of imide groups is 1. The molecule has 1 fully saturated rings. The van der Waals surface area contributed by atoms with Crippen molar-refractivity contribution in [2.24, 2.45) is 27.7 Å². The summed E-state index contributed by atoms with van der Waals surface area (Å²) in [5, 5.41) is 49.5. The van der Waals surface area contributed by atoms with Crippen LogP contribution >= 0.6 is 0 Å². The number of Topliss-reactive ketones (excluding diaryl/α,β-unsaturated/α-hetero) is 1. The minimum atomic E-state index is -1.86. The summed E-state index contributed by atoms with van der Waals surface area (Å²) in [6.07, 6.45) is 4.82. The number of nitrogens with one attached hydrogen (secondary N) is 3. The molecule has 4 heterocycles. The summed E-state index contributed by atoms with van der Waals surface area (Å²) in [5.41, 5.74) is 5.99. The fourth-order valence-corrected chi connectivity index (χ4v) is 12.4. The van der Waals surface area contributed by atoms with Gasteiger partial charge in [-0.25, -0.2) is 4.79 Å². The third kappa shape index (κ3) is 15.7. The smallest absolute Gasteiger partial charge is 0.411 e. The van der Waals surface area contributed by atoms with Gasteiger partial charge in [-0.3, -0.25) is 53.8 Å². The molecule has 7 N–H and O–H groups in total. The Hall–Kier alpha value is -10.7. The van der Waals surface area contributed by atoms with Crippen LogP contribution in [0.2, 0.25) is 0 Å². The van der Waals surface area contributed by atoms with Crippen molar-refractivity contribution in [2.45, 2.75) is 94.9 Å². The van der Waals surface area contributed by atoms with Crippen molar-refractivity contribution in [3.05, 3.63) is 143 Å². The van der Waals surface area contributed by atoms with Crippen LogP contribution in [-0.4, -0.2) is 168 Å². The maximum absolute atomic E-state index is 14.3. The number of carbonyl (C=O) groups is 8. The number of carboxylic acid groups (broad SMARTS) is 1. The molecule has 4 aliphatic heterocycles. The molecule has 5 aromatic carbocycles. The predicted octanol–water partition coefficient (Wildman–Crippen LogP) is 7.76. The van der Waals surface area contributed by atoms with Crippen LogP contribution in [0.3, 0.4) is 0 Å². The number of methoxy groups -OCH3 is 3. The van der Waals surface area contributed by atoms with Gasteiger partial charge in [-0.05, 0) is 95.6 Å². The Morgan fingerprint density at radius 3 is 2.07 bits per heavy atom. The van der Waals surface area contributed by atoms with Crippen molar-refractivity contribution in [1.82, 2.24) is 15.1 Å². The monoisotopic (exact) mass is 1330 g/mol. The lowest BCUT2D eigenvalue weighted by atomic mass is 9.80. The summed E-state index contributed by atoms with van der Waals surface area (Å²) >= 11 is 0. The first kappa shape index (κ1) is 67.7. The van der Waals surface area contributed by atoms with Gasteiger partial charge in [-0.1, -0.05) is 42.8 Å². The number of carbonyl (C=O) groups excluding carboxylic acids is 7. The fourth-order valence-electron chi connectivity index (χ4n) is 12.4. The van der Waals surface area contributed by atoms with E-state index in [2.05, 4.69) is 16.0 Å². The topological polar surface area (TPSA) is 349 Å². The molecule has 506 valence electrons. The number of ketones is 1. The SMILES string of the molecule is COc1ccc(C2=CC3C(=O)c4cc(OC)c(OCCCOc5cc6c(cc5OC)C(=O)N5C=C(c7cccc(NC(=O)OCc8ccc(O[C@@H]9CC(C(=O)O)[C@@H](O)C(O)C9O)c(NC(=O)CCNC(=O)CCCCCN9C(=O)C=CC9=O)c8)c7)C[C@H]5C=N6)cc4N=C[C@@H]3C2)cc1. The molecule has 6 amide bonds. The van der Waals surface area contributed by atoms with Gasteiger partial charge in [0.05, 0.1) is 75.2 Å². The van der Waals surface area contributed by atoms with Gasteiger partial charge in [-0.15, -0.1) is 0 Å². The first-order valence-electron chi connectivity index (χ1n) is 31.8. The van der Waals surface area contributed by atoms with E-state index in [9.17, 15) is 58.8 Å². The van der Waals surface area contributed by atoms with Crippen LogP contribution in [0, 0.1) is 17.8 Å². The van der Waals surface area contributed by atoms with Crippen LogP contribution in [0.25, 0.3) is 11.1 Å². The molecule has 11 rings (SSSR count). The number of unbranched alkanes of at least 4 members (excludes halogenated alkanes) is 2. The molecule has 0 radical (unpaired) electrons. The van der Waals surface area contributed by atoms with Crippen LogP contribution in [0.15, 0.2) is 125 Å². The van der Waals surface area contributed by atoms with Crippen molar-refractivity contribution in [2.75, 3.05) is 58.3 Å². The molecule has 0 bridgehead atoms. The zero-order valence-corrected chi connectivity index (χ0v) is 53.3. The molecule has 5 aromatic rings.